The summed E-state index contributed by atoms with van der Waals surface area (Å²) in [6.07, 6.45) is 5.19. The predicted molar refractivity (Wildman–Crippen MR) is 140 cm³/mol. The molecule has 2 heterocycles. The lowest BCUT2D eigenvalue weighted by Crippen LogP contribution is -2.25. The Morgan fingerprint density at radius 3 is 2.54 bits per heavy atom. The van der Waals surface area contributed by atoms with E-state index in [4.69, 9.17) is 9.84 Å². The summed E-state index contributed by atoms with van der Waals surface area (Å²) in [4.78, 5) is 33.6. The maximum absolute atomic E-state index is 13.4. The number of benzene rings is 1. The second kappa shape index (κ2) is 12.0. The van der Waals surface area contributed by atoms with Crippen molar-refractivity contribution in [3.63, 3.8) is 0 Å². The molecule has 2 aromatic heterocycles. The van der Waals surface area contributed by atoms with Crippen LogP contribution in [0.1, 0.15) is 56.4 Å². The smallest absolute Gasteiger partial charge is 0.303 e. The normalized spacial score (nSPS) is 15.1. The number of pyridine rings is 1. The van der Waals surface area contributed by atoms with Gasteiger partial charge in [-0.1, -0.05) is 49.2 Å². The SMILES string of the molecule is COc1ccc2nc(NC(=O)C(CC3CCCC3)c3ccc(S(=O)(=O)NCCCC(=O)O)cc3)sc2n1. The third-order valence-electron chi connectivity index (χ3n) is 6.48. The van der Waals surface area contributed by atoms with Crippen LogP contribution >= 0.6 is 11.3 Å². The average molecular weight is 547 g/mol. The Kier molecular flexibility index (Phi) is 8.72. The number of carbonyl (C=O) groups is 2. The molecule has 1 aliphatic rings. The number of amides is 1. The van der Waals surface area contributed by atoms with E-state index in [0.717, 1.165) is 31.2 Å². The molecule has 1 fully saturated rings. The standard InChI is InChI=1S/C25H30N4O6S2/c1-35-21-13-12-20-24(28-21)36-25(27-20)29-23(32)19(15-16-5-2-3-6-16)17-8-10-18(11-9-17)37(33,34)26-14-4-7-22(30)31/h8-13,16,19,26H,2-7,14-15H2,1H3,(H,30,31)(H,27,29,32). The summed E-state index contributed by atoms with van der Waals surface area (Å²) in [5.74, 6) is -0.730. The van der Waals surface area contributed by atoms with E-state index in [9.17, 15) is 18.0 Å². The van der Waals surface area contributed by atoms with E-state index in [2.05, 4.69) is 20.0 Å². The molecule has 3 N–H and O–H groups in total. The van der Waals surface area contributed by atoms with Crippen LogP contribution in [-0.4, -0.2) is 49.0 Å². The minimum atomic E-state index is -3.78. The van der Waals surface area contributed by atoms with Crippen molar-refractivity contribution in [1.29, 1.82) is 0 Å². The highest BCUT2D eigenvalue weighted by molar-refractivity contribution is 7.89. The lowest BCUT2D eigenvalue weighted by atomic mass is 9.87. The number of aromatic nitrogens is 2. The number of thiazole rings is 1. The molecular weight excluding hydrogens is 516 g/mol. The number of methoxy groups -OCH3 is 1. The minimum Gasteiger partial charge on any atom is -0.481 e. The summed E-state index contributed by atoms with van der Waals surface area (Å²) >= 11 is 1.27. The van der Waals surface area contributed by atoms with Crippen LogP contribution in [0.4, 0.5) is 5.13 Å². The highest BCUT2D eigenvalue weighted by atomic mass is 32.2. The lowest BCUT2D eigenvalue weighted by Gasteiger charge is -2.20. The molecule has 1 aliphatic carbocycles. The first kappa shape index (κ1) is 27.0. The number of sulfonamides is 1. The quantitative estimate of drug-likeness (QED) is 0.287. The Labute approximate surface area is 219 Å². The highest BCUT2D eigenvalue weighted by Crippen LogP contribution is 2.36. The van der Waals surface area contributed by atoms with Gasteiger partial charge < -0.3 is 15.2 Å². The molecule has 3 aromatic rings. The van der Waals surface area contributed by atoms with Gasteiger partial charge in [-0.05, 0) is 42.5 Å². The van der Waals surface area contributed by atoms with Gasteiger partial charge in [0.2, 0.25) is 21.8 Å². The number of fused-ring (bicyclic) bond motifs is 1. The molecule has 0 radical (unpaired) electrons. The van der Waals surface area contributed by atoms with Crippen molar-refractivity contribution in [3.8, 4) is 5.88 Å². The van der Waals surface area contributed by atoms with Crippen LogP contribution in [0.5, 0.6) is 5.88 Å². The van der Waals surface area contributed by atoms with E-state index < -0.39 is 21.9 Å². The van der Waals surface area contributed by atoms with Crippen molar-refractivity contribution in [3.05, 3.63) is 42.0 Å². The summed E-state index contributed by atoms with van der Waals surface area (Å²) < 4.78 is 32.8. The number of rotatable bonds is 12. The lowest BCUT2D eigenvalue weighted by molar-refractivity contribution is -0.137. The van der Waals surface area contributed by atoms with Crippen molar-refractivity contribution in [2.45, 2.75) is 55.8 Å². The summed E-state index contributed by atoms with van der Waals surface area (Å²) in [5, 5.41) is 12.1. The van der Waals surface area contributed by atoms with Crippen LogP contribution in [-0.2, 0) is 19.6 Å². The van der Waals surface area contributed by atoms with E-state index in [1.54, 1.807) is 24.3 Å². The van der Waals surface area contributed by atoms with Gasteiger partial charge in [-0.3, -0.25) is 9.59 Å². The van der Waals surface area contributed by atoms with Crippen LogP contribution in [0.25, 0.3) is 10.3 Å². The van der Waals surface area contributed by atoms with Crippen LogP contribution in [0.2, 0.25) is 0 Å². The fourth-order valence-corrected chi connectivity index (χ4v) is 6.45. The molecule has 1 unspecified atom stereocenters. The van der Waals surface area contributed by atoms with Crippen LogP contribution in [0.3, 0.4) is 0 Å². The average Bonchev–Trinajstić information content (AvgIpc) is 3.54. The number of aliphatic carboxylic acids is 1. The number of nitrogens with one attached hydrogen (secondary N) is 2. The van der Waals surface area contributed by atoms with Gasteiger partial charge in [0, 0.05) is 19.0 Å². The second-order valence-electron chi connectivity index (χ2n) is 9.09. The monoisotopic (exact) mass is 546 g/mol. The van der Waals surface area contributed by atoms with E-state index in [1.807, 2.05) is 0 Å². The van der Waals surface area contributed by atoms with Gasteiger partial charge in [0.15, 0.2) is 5.13 Å². The number of hydrogen-bond acceptors (Lipinski definition) is 8. The Morgan fingerprint density at radius 2 is 1.86 bits per heavy atom. The number of carboxylic acid groups (broad SMARTS) is 1. The molecule has 198 valence electrons. The largest absolute Gasteiger partial charge is 0.481 e. The zero-order valence-corrected chi connectivity index (χ0v) is 22.1. The first-order valence-electron chi connectivity index (χ1n) is 12.2. The molecule has 1 aromatic carbocycles. The van der Waals surface area contributed by atoms with Crippen molar-refractivity contribution in [1.82, 2.24) is 14.7 Å². The minimum absolute atomic E-state index is 0.0337. The summed E-state index contributed by atoms with van der Waals surface area (Å²) in [5.41, 5.74) is 1.40. The fraction of sp³-hybridized carbons (Fsp3) is 0.440. The zero-order valence-electron chi connectivity index (χ0n) is 20.5. The Balaban J connectivity index is 1.50. The van der Waals surface area contributed by atoms with Gasteiger partial charge in [0.05, 0.1) is 17.9 Å². The molecular formula is C25H30N4O6S2. The molecule has 37 heavy (non-hydrogen) atoms. The first-order valence-corrected chi connectivity index (χ1v) is 14.5. The molecule has 12 heteroatoms. The topological polar surface area (TPSA) is 148 Å². The van der Waals surface area contributed by atoms with E-state index in [-0.39, 0.29) is 30.2 Å². The fourth-order valence-electron chi connectivity index (χ4n) is 4.54. The van der Waals surface area contributed by atoms with Gasteiger partial charge >= 0.3 is 5.97 Å². The van der Waals surface area contributed by atoms with Crippen molar-refractivity contribution < 1.29 is 27.9 Å². The van der Waals surface area contributed by atoms with Gasteiger partial charge in [-0.25, -0.2) is 23.1 Å². The van der Waals surface area contributed by atoms with Crippen LogP contribution in [0.15, 0.2) is 41.3 Å². The third kappa shape index (κ3) is 7.02. The second-order valence-corrected chi connectivity index (χ2v) is 11.8. The van der Waals surface area contributed by atoms with Crippen LogP contribution < -0.4 is 14.8 Å². The maximum Gasteiger partial charge on any atom is 0.303 e. The number of carboxylic acids is 1. The summed E-state index contributed by atoms with van der Waals surface area (Å²) in [6, 6.07) is 9.83. The molecule has 0 bridgehead atoms. The zero-order chi connectivity index (χ0) is 26.4. The number of carbonyl (C=O) groups excluding carboxylic acids is 1. The van der Waals surface area contributed by atoms with Gasteiger partial charge in [0.1, 0.15) is 10.3 Å². The van der Waals surface area contributed by atoms with Gasteiger partial charge in [-0.2, -0.15) is 0 Å². The molecule has 1 atom stereocenters. The first-order chi connectivity index (χ1) is 17.7. The Morgan fingerprint density at radius 1 is 1.14 bits per heavy atom. The predicted octanol–water partition coefficient (Wildman–Crippen LogP) is 4.15. The molecule has 0 saturated heterocycles. The van der Waals surface area contributed by atoms with Crippen LogP contribution in [0, 0.1) is 5.92 Å². The van der Waals surface area contributed by atoms with Crippen molar-refractivity contribution >= 4 is 48.7 Å². The molecule has 4 rings (SSSR count). The van der Waals surface area contributed by atoms with Gasteiger partial charge in [0.25, 0.3) is 0 Å². The van der Waals surface area contributed by atoms with Gasteiger partial charge in [-0.15, -0.1) is 0 Å². The number of anilines is 1. The highest BCUT2D eigenvalue weighted by Gasteiger charge is 2.28. The number of ether oxygens (including phenoxy) is 1. The molecule has 0 spiro atoms. The summed E-state index contributed by atoms with van der Waals surface area (Å²) in [6.45, 7) is 0.0337. The number of hydrogen-bond donors (Lipinski definition) is 3. The van der Waals surface area contributed by atoms with Crippen molar-refractivity contribution in [2.24, 2.45) is 5.92 Å². The molecule has 1 saturated carbocycles. The molecule has 1 amide bonds. The molecule has 10 nitrogen and oxygen atoms in total. The van der Waals surface area contributed by atoms with E-state index in [1.165, 1.54) is 30.6 Å². The maximum atomic E-state index is 13.4. The Hall–Kier alpha value is -3.09. The van der Waals surface area contributed by atoms with E-state index in [0.29, 0.717) is 33.7 Å². The third-order valence-corrected chi connectivity index (χ3v) is 8.84. The number of nitrogens with zero attached hydrogens (tertiary/aromatic N) is 2. The van der Waals surface area contributed by atoms with Crippen molar-refractivity contribution in [2.75, 3.05) is 19.0 Å². The Bertz CT molecular complexity index is 1350. The molecule has 0 aliphatic heterocycles. The summed E-state index contributed by atoms with van der Waals surface area (Å²) in [7, 11) is -2.24. The van der Waals surface area contributed by atoms with E-state index >= 15 is 0 Å².